The van der Waals surface area contributed by atoms with E-state index in [0.717, 1.165) is 11.1 Å². The molecule has 0 aliphatic carbocycles. The van der Waals surface area contributed by atoms with Gasteiger partial charge in [0.05, 0.1) is 5.56 Å². The highest BCUT2D eigenvalue weighted by Gasteiger charge is 2.11. The zero-order chi connectivity index (χ0) is 10.6. The van der Waals surface area contributed by atoms with Crippen LogP contribution in [0.25, 0.3) is 0 Å². The maximum Gasteiger partial charge on any atom is 0.335 e. The largest absolute Gasteiger partial charge is 0.478 e. The monoisotopic (exact) mass is 254 g/mol. The molecule has 0 atom stereocenters. The van der Waals surface area contributed by atoms with Gasteiger partial charge in [-0.3, -0.25) is 0 Å². The Bertz CT molecular complexity index is 358. The van der Waals surface area contributed by atoms with Gasteiger partial charge in [0.2, 0.25) is 0 Å². The number of carbonyl (C=O) groups is 1. The number of carboxylic acids is 1. The van der Waals surface area contributed by atoms with Crippen LogP contribution in [-0.4, -0.2) is 11.1 Å². The summed E-state index contributed by atoms with van der Waals surface area (Å²) in [6.45, 7) is 3.62. The number of hydrogen-bond donors (Lipinski definition) is 1. The first-order valence-electron chi connectivity index (χ1n) is 4.21. The topological polar surface area (TPSA) is 37.3 Å². The van der Waals surface area contributed by atoms with Crippen molar-refractivity contribution >= 4 is 21.9 Å². The molecule has 0 radical (unpaired) electrons. The van der Waals surface area contributed by atoms with Gasteiger partial charge in [-0.2, -0.15) is 0 Å². The highest BCUT2D eigenvalue weighted by molar-refractivity contribution is 9.08. The van der Waals surface area contributed by atoms with Crippen LogP contribution in [0.1, 0.15) is 21.5 Å². The minimum absolute atomic E-state index is 0.363. The summed E-state index contributed by atoms with van der Waals surface area (Å²) in [5.74, 6) is -0.885. The molecule has 0 unspecified atom stereocenters. The van der Waals surface area contributed by atoms with E-state index in [4.69, 9.17) is 5.11 Å². The molecular formula is C11H11BrO2. The molecule has 0 spiro atoms. The second-order valence-corrected chi connectivity index (χ2v) is 3.44. The number of halogens is 1. The van der Waals surface area contributed by atoms with Gasteiger partial charge in [-0.25, -0.2) is 4.79 Å². The third-order valence-electron chi connectivity index (χ3n) is 2.00. The van der Waals surface area contributed by atoms with E-state index in [-0.39, 0.29) is 0 Å². The van der Waals surface area contributed by atoms with E-state index >= 15 is 0 Å². The number of hydrogen-bond acceptors (Lipinski definition) is 1. The van der Waals surface area contributed by atoms with E-state index in [0.29, 0.717) is 17.3 Å². The quantitative estimate of drug-likeness (QED) is 0.663. The highest BCUT2D eigenvalue weighted by Crippen LogP contribution is 2.18. The molecule has 0 aromatic heterocycles. The van der Waals surface area contributed by atoms with Gasteiger partial charge in [-0.05, 0) is 23.6 Å². The number of carboxylic acid groups (broad SMARTS) is 1. The summed E-state index contributed by atoms with van der Waals surface area (Å²) < 4.78 is 0. The van der Waals surface area contributed by atoms with E-state index in [2.05, 4.69) is 22.5 Å². The molecule has 0 aliphatic heterocycles. The molecule has 1 N–H and O–H groups in total. The maximum absolute atomic E-state index is 10.9. The summed E-state index contributed by atoms with van der Waals surface area (Å²) in [6, 6.07) is 5.29. The number of allylic oxidation sites excluding steroid dienone is 1. The zero-order valence-corrected chi connectivity index (χ0v) is 9.25. The summed E-state index contributed by atoms with van der Waals surface area (Å²) >= 11 is 3.33. The molecule has 0 aliphatic rings. The van der Waals surface area contributed by atoms with Crippen LogP contribution in [0.5, 0.6) is 0 Å². The molecule has 0 heterocycles. The summed E-state index contributed by atoms with van der Waals surface area (Å²) in [6.07, 6.45) is 2.30. The van der Waals surface area contributed by atoms with Crippen LogP contribution in [0.4, 0.5) is 0 Å². The predicted octanol–water partition coefficient (Wildman–Crippen LogP) is 3.01. The average molecular weight is 255 g/mol. The van der Waals surface area contributed by atoms with E-state index < -0.39 is 5.97 Å². The SMILES string of the molecule is C=CCc1c(CBr)cccc1C(=O)O. The molecule has 3 heteroatoms. The molecule has 0 fully saturated rings. The van der Waals surface area contributed by atoms with Gasteiger partial charge in [0.25, 0.3) is 0 Å². The van der Waals surface area contributed by atoms with Crippen molar-refractivity contribution in [3.8, 4) is 0 Å². The van der Waals surface area contributed by atoms with Crippen LogP contribution in [0.2, 0.25) is 0 Å². The third-order valence-corrected chi connectivity index (χ3v) is 2.60. The molecular weight excluding hydrogens is 244 g/mol. The fourth-order valence-corrected chi connectivity index (χ4v) is 1.87. The zero-order valence-electron chi connectivity index (χ0n) is 7.66. The van der Waals surface area contributed by atoms with Crippen LogP contribution in [0.3, 0.4) is 0 Å². The number of rotatable bonds is 4. The van der Waals surface area contributed by atoms with Crippen molar-refractivity contribution in [2.45, 2.75) is 11.8 Å². The number of benzene rings is 1. The van der Waals surface area contributed by atoms with Gasteiger partial charge in [-0.1, -0.05) is 34.1 Å². The second kappa shape index (κ2) is 4.96. The normalized spacial score (nSPS) is 9.79. The smallest absolute Gasteiger partial charge is 0.335 e. The summed E-state index contributed by atoms with van der Waals surface area (Å²) in [5, 5.41) is 9.63. The molecule has 0 amide bonds. The highest BCUT2D eigenvalue weighted by atomic mass is 79.9. The predicted molar refractivity (Wildman–Crippen MR) is 59.9 cm³/mol. The molecule has 1 aromatic rings. The van der Waals surface area contributed by atoms with E-state index in [9.17, 15) is 4.79 Å². The standard InChI is InChI=1S/C11H11BrO2/c1-2-4-9-8(7-12)5-3-6-10(9)11(13)14/h2-3,5-6H,1,4,7H2,(H,13,14). The molecule has 14 heavy (non-hydrogen) atoms. The lowest BCUT2D eigenvalue weighted by molar-refractivity contribution is 0.0696. The molecule has 1 aromatic carbocycles. The Balaban J connectivity index is 3.27. The molecule has 1 rings (SSSR count). The Hall–Kier alpha value is -1.09. The van der Waals surface area contributed by atoms with E-state index in [1.54, 1.807) is 18.2 Å². The molecule has 2 nitrogen and oxygen atoms in total. The van der Waals surface area contributed by atoms with Crippen LogP contribution >= 0.6 is 15.9 Å². The first-order chi connectivity index (χ1) is 6.70. The van der Waals surface area contributed by atoms with Gasteiger partial charge in [-0.15, -0.1) is 6.58 Å². The fraction of sp³-hybridized carbons (Fsp3) is 0.182. The lowest BCUT2D eigenvalue weighted by Crippen LogP contribution is -2.04. The Labute approximate surface area is 91.4 Å². The minimum Gasteiger partial charge on any atom is -0.478 e. The molecule has 0 saturated carbocycles. The summed E-state index contributed by atoms with van der Waals surface area (Å²) in [4.78, 5) is 10.9. The van der Waals surface area contributed by atoms with Crippen molar-refractivity contribution in [1.82, 2.24) is 0 Å². The Morgan fingerprint density at radius 1 is 1.57 bits per heavy atom. The Kier molecular flexibility index (Phi) is 3.89. The van der Waals surface area contributed by atoms with Crippen LogP contribution < -0.4 is 0 Å². The van der Waals surface area contributed by atoms with Crippen LogP contribution in [0.15, 0.2) is 30.9 Å². The third kappa shape index (κ3) is 2.23. The Morgan fingerprint density at radius 3 is 2.79 bits per heavy atom. The van der Waals surface area contributed by atoms with Crippen molar-refractivity contribution < 1.29 is 9.90 Å². The van der Waals surface area contributed by atoms with Crippen LogP contribution in [0, 0.1) is 0 Å². The first-order valence-corrected chi connectivity index (χ1v) is 5.33. The van der Waals surface area contributed by atoms with Gasteiger partial charge >= 0.3 is 5.97 Å². The lowest BCUT2D eigenvalue weighted by Gasteiger charge is -2.08. The summed E-state index contributed by atoms with van der Waals surface area (Å²) in [5.41, 5.74) is 2.21. The first kappa shape index (κ1) is 11.0. The number of alkyl halides is 1. The van der Waals surface area contributed by atoms with E-state index in [1.807, 2.05) is 6.07 Å². The minimum atomic E-state index is -0.885. The molecule has 0 saturated heterocycles. The maximum atomic E-state index is 10.9. The van der Waals surface area contributed by atoms with Gasteiger partial charge in [0.1, 0.15) is 0 Å². The second-order valence-electron chi connectivity index (χ2n) is 2.87. The van der Waals surface area contributed by atoms with Crippen LogP contribution in [-0.2, 0) is 11.8 Å². The van der Waals surface area contributed by atoms with Gasteiger partial charge in [0, 0.05) is 5.33 Å². The van der Waals surface area contributed by atoms with E-state index in [1.165, 1.54) is 0 Å². The number of aromatic carboxylic acids is 1. The summed E-state index contributed by atoms with van der Waals surface area (Å²) in [7, 11) is 0. The van der Waals surface area contributed by atoms with Gasteiger partial charge < -0.3 is 5.11 Å². The van der Waals surface area contributed by atoms with Crippen molar-refractivity contribution in [2.24, 2.45) is 0 Å². The van der Waals surface area contributed by atoms with Gasteiger partial charge in [0.15, 0.2) is 0 Å². The van der Waals surface area contributed by atoms with Crippen molar-refractivity contribution in [3.05, 3.63) is 47.5 Å². The average Bonchev–Trinajstić information content (AvgIpc) is 2.18. The van der Waals surface area contributed by atoms with Crippen molar-refractivity contribution in [1.29, 1.82) is 0 Å². The Morgan fingerprint density at radius 2 is 2.29 bits per heavy atom. The van der Waals surface area contributed by atoms with Crippen molar-refractivity contribution in [3.63, 3.8) is 0 Å². The fourth-order valence-electron chi connectivity index (χ4n) is 1.35. The molecule has 0 bridgehead atoms. The molecule has 74 valence electrons. The lowest BCUT2D eigenvalue weighted by atomic mass is 9.99. The van der Waals surface area contributed by atoms with Crippen molar-refractivity contribution in [2.75, 3.05) is 0 Å².